The molecular formula is C15H24N4. The van der Waals surface area contributed by atoms with Gasteiger partial charge in [-0.1, -0.05) is 0 Å². The van der Waals surface area contributed by atoms with Crippen LogP contribution >= 0.6 is 0 Å². The van der Waals surface area contributed by atoms with E-state index in [0.717, 1.165) is 43.5 Å². The number of aromatic nitrogens is 2. The molecule has 1 aliphatic heterocycles. The third-order valence-electron chi connectivity index (χ3n) is 4.43. The van der Waals surface area contributed by atoms with Crippen molar-refractivity contribution in [2.75, 3.05) is 19.6 Å². The first-order chi connectivity index (χ1) is 9.16. The van der Waals surface area contributed by atoms with Gasteiger partial charge in [-0.3, -0.25) is 14.9 Å². The molecular weight excluding hydrogens is 236 g/mol. The van der Waals surface area contributed by atoms with E-state index < -0.39 is 0 Å². The first-order valence-electron chi connectivity index (χ1n) is 7.41. The SMILES string of the molecule is Cc1cnc(CN2CCCNC(C)(C3CC3)C2)cn1. The number of hydrogen-bond acceptors (Lipinski definition) is 4. The minimum absolute atomic E-state index is 0.300. The maximum atomic E-state index is 4.49. The molecule has 1 unspecified atom stereocenters. The molecule has 1 atom stereocenters. The molecule has 2 heterocycles. The van der Waals surface area contributed by atoms with Crippen molar-refractivity contribution in [1.82, 2.24) is 20.2 Å². The van der Waals surface area contributed by atoms with Crippen LogP contribution in [0.4, 0.5) is 0 Å². The highest BCUT2D eigenvalue weighted by molar-refractivity contribution is 5.04. The molecule has 0 aromatic carbocycles. The van der Waals surface area contributed by atoms with Crippen molar-refractivity contribution in [3.8, 4) is 0 Å². The lowest BCUT2D eigenvalue weighted by Gasteiger charge is -2.33. The molecule has 2 aliphatic rings. The van der Waals surface area contributed by atoms with E-state index in [1.54, 1.807) is 0 Å². The summed E-state index contributed by atoms with van der Waals surface area (Å²) >= 11 is 0. The predicted octanol–water partition coefficient (Wildman–Crippen LogP) is 1.75. The maximum Gasteiger partial charge on any atom is 0.0727 e. The smallest absolute Gasteiger partial charge is 0.0727 e. The van der Waals surface area contributed by atoms with Crippen molar-refractivity contribution in [2.24, 2.45) is 5.92 Å². The molecule has 1 saturated heterocycles. The van der Waals surface area contributed by atoms with Gasteiger partial charge in [0.05, 0.1) is 11.4 Å². The molecule has 104 valence electrons. The average molecular weight is 260 g/mol. The van der Waals surface area contributed by atoms with E-state index in [0.29, 0.717) is 5.54 Å². The van der Waals surface area contributed by atoms with Crippen LogP contribution < -0.4 is 5.32 Å². The van der Waals surface area contributed by atoms with Gasteiger partial charge >= 0.3 is 0 Å². The van der Waals surface area contributed by atoms with E-state index in [2.05, 4.69) is 27.1 Å². The van der Waals surface area contributed by atoms with Gasteiger partial charge in [0, 0.05) is 31.0 Å². The van der Waals surface area contributed by atoms with Gasteiger partial charge in [0.2, 0.25) is 0 Å². The van der Waals surface area contributed by atoms with Crippen LogP contribution in [0.1, 0.15) is 37.6 Å². The second-order valence-electron chi connectivity index (χ2n) is 6.33. The first-order valence-corrected chi connectivity index (χ1v) is 7.41. The number of nitrogens with one attached hydrogen (secondary N) is 1. The van der Waals surface area contributed by atoms with Gasteiger partial charge in [0.15, 0.2) is 0 Å². The minimum Gasteiger partial charge on any atom is -0.310 e. The van der Waals surface area contributed by atoms with Crippen molar-refractivity contribution in [2.45, 2.75) is 45.2 Å². The summed E-state index contributed by atoms with van der Waals surface area (Å²) in [5, 5.41) is 3.77. The van der Waals surface area contributed by atoms with Crippen LogP contribution in [0.5, 0.6) is 0 Å². The molecule has 1 aromatic heterocycles. The quantitative estimate of drug-likeness (QED) is 0.899. The summed E-state index contributed by atoms with van der Waals surface area (Å²) in [6, 6.07) is 0. The Morgan fingerprint density at radius 1 is 1.37 bits per heavy atom. The zero-order valence-corrected chi connectivity index (χ0v) is 12.0. The Morgan fingerprint density at radius 2 is 2.21 bits per heavy atom. The van der Waals surface area contributed by atoms with Gasteiger partial charge < -0.3 is 5.32 Å². The Bertz CT molecular complexity index is 426. The molecule has 3 rings (SSSR count). The zero-order valence-electron chi connectivity index (χ0n) is 12.0. The summed E-state index contributed by atoms with van der Waals surface area (Å²) in [4.78, 5) is 11.4. The fraction of sp³-hybridized carbons (Fsp3) is 0.733. The molecule has 19 heavy (non-hydrogen) atoms. The fourth-order valence-corrected chi connectivity index (χ4v) is 3.14. The van der Waals surface area contributed by atoms with Gasteiger partial charge in [-0.2, -0.15) is 0 Å². The molecule has 2 fully saturated rings. The molecule has 0 bridgehead atoms. The van der Waals surface area contributed by atoms with Gasteiger partial charge in [-0.15, -0.1) is 0 Å². The summed E-state index contributed by atoms with van der Waals surface area (Å²) in [5.41, 5.74) is 2.38. The van der Waals surface area contributed by atoms with Gasteiger partial charge in [-0.05, 0) is 52.1 Å². The van der Waals surface area contributed by atoms with Crippen molar-refractivity contribution in [3.63, 3.8) is 0 Å². The summed E-state index contributed by atoms with van der Waals surface area (Å²) < 4.78 is 0. The van der Waals surface area contributed by atoms with Crippen LogP contribution in [0.15, 0.2) is 12.4 Å². The fourth-order valence-electron chi connectivity index (χ4n) is 3.14. The van der Waals surface area contributed by atoms with Crippen LogP contribution in [-0.4, -0.2) is 40.0 Å². The third kappa shape index (κ3) is 3.12. The van der Waals surface area contributed by atoms with Crippen molar-refractivity contribution in [1.29, 1.82) is 0 Å². The Labute approximate surface area is 115 Å². The summed E-state index contributed by atoms with van der Waals surface area (Å²) in [6.45, 7) is 8.74. The Morgan fingerprint density at radius 3 is 2.89 bits per heavy atom. The van der Waals surface area contributed by atoms with Crippen LogP contribution in [-0.2, 0) is 6.54 Å². The number of hydrogen-bond donors (Lipinski definition) is 1. The van der Waals surface area contributed by atoms with E-state index in [1.165, 1.54) is 19.3 Å². The van der Waals surface area contributed by atoms with E-state index in [9.17, 15) is 0 Å². The Hall–Kier alpha value is -1.00. The number of nitrogens with zero attached hydrogens (tertiary/aromatic N) is 3. The van der Waals surface area contributed by atoms with Crippen molar-refractivity contribution in [3.05, 3.63) is 23.8 Å². The second kappa shape index (κ2) is 5.17. The van der Waals surface area contributed by atoms with Crippen LogP contribution in [0.25, 0.3) is 0 Å². The standard InChI is InChI=1S/C15H24N4/c1-12-8-17-14(9-16-12)10-19-7-3-6-18-15(2,11-19)13-4-5-13/h8-9,13,18H,3-7,10-11H2,1-2H3. The summed E-state index contributed by atoms with van der Waals surface area (Å²) in [6.07, 6.45) is 7.79. The highest BCUT2D eigenvalue weighted by Gasteiger charge is 2.42. The van der Waals surface area contributed by atoms with Gasteiger partial charge in [0.25, 0.3) is 0 Å². The van der Waals surface area contributed by atoms with E-state index in [-0.39, 0.29) is 0 Å². The molecule has 0 amide bonds. The lowest BCUT2D eigenvalue weighted by atomic mass is 9.95. The Kier molecular flexibility index (Phi) is 3.54. The van der Waals surface area contributed by atoms with Crippen molar-refractivity contribution >= 4 is 0 Å². The van der Waals surface area contributed by atoms with Gasteiger partial charge in [0.1, 0.15) is 0 Å². The largest absolute Gasteiger partial charge is 0.310 e. The lowest BCUT2D eigenvalue weighted by Crippen LogP contribution is -2.50. The maximum absolute atomic E-state index is 4.49. The zero-order chi connectivity index (χ0) is 13.3. The third-order valence-corrected chi connectivity index (χ3v) is 4.43. The summed E-state index contributed by atoms with van der Waals surface area (Å²) in [5.74, 6) is 0.872. The van der Waals surface area contributed by atoms with E-state index in [1.807, 2.05) is 19.3 Å². The van der Waals surface area contributed by atoms with Crippen LogP contribution in [0.3, 0.4) is 0 Å². The highest BCUT2D eigenvalue weighted by Crippen LogP contribution is 2.40. The first kappa shape index (κ1) is 13.0. The number of aryl methyl sites for hydroxylation is 1. The monoisotopic (exact) mass is 260 g/mol. The van der Waals surface area contributed by atoms with Crippen LogP contribution in [0, 0.1) is 12.8 Å². The summed E-state index contributed by atoms with van der Waals surface area (Å²) in [7, 11) is 0. The molecule has 1 saturated carbocycles. The topological polar surface area (TPSA) is 41.1 Å². The average Bonchev–Trinajstić information content (AvgIpc) is 3.20. The number of rotatable bonds is 3. The van der Waals surface area contributed by atoms with Crippen molar-refractivity contribution < 1.29 is 0 Å². The lowest BCUT2D eigenvalue weighted by molar-refractivity contribution is 0.193. The van der Waals surface area contributed by atoms with E-state index >= 15 is 0 Å². The minimum atomic E-state index is 0.300. The molecule has 0 spiro atoms. The highest BCUT2D eigenvalue weighted by atomic mass is 15.2. The van der Waals surface area contributed by atoms with E-state index in [4.69, 9.17) is 0 Å². The molecule has 4 heteroatoms. The predicted molar refractivity (Wildman–Crippen MR) is 75.8 cm³/mol. The van der Waals surface area contributed by atoms with Crippen LogP contribution in [0.2, 0.25) is 0 Å². The normalized spacial score (nSPS) is 29.2. The molecule has 1 aliphatic carbocycles. The molecule has 0 radical (unpaired) electrons. The van der Waals surface area contributed by atoms with Gasteiger partial charge in [-0.25, -0.2) is 0 Å². The molecule has 1 N–H and O–H groups in total. The molecule has 4 nitrogen and oxygen atoms in total. The second-order valence-corrected chi connectivity index (χ2v) is 6.33. The molecule has 1 aromatic rings. The Balaban J connectivity index is 1.67.